The molecule has 0 spiro atoms. The van der Waals surface area contributed by atoms with Gasteiger partial charge in [-0.2, -0.15) is 0 Å². The standard InChI is InChI=1S/C15H22ClNO3/c1-2-3-4-5-6-7-10-19-15(18)20-14-9-8-12(17)11-13(14)16/h8-9,11H,2-7,10,17H2,1H3. The third kappa shape index (κ3) is 6.66. The van der Waals surface area contributed by atoms with Gasteiger partial charge in [0.1, 0.15) is 0 Å². The summed E-state index contributed by atoms with van der Waals surface area (Å²) in [5.41, 5.74) is 6.07. The summed E-state index contributed by atoms with van der Waals surface area (Å²) in [5.74, 6) is 0.258. The van der Waals surface area contributed by atoms with Gasteiger partial charge in [0.2, 0.25) is 0 Å². The van der Waals surface area contributed by atoms with Crippen molar-refractivity contribution in [1.29, 1.82) is 0 Å². The number of nitrogen functional groups attached to an aromatic ring is 1. The molecule has 0 bridgehead atoms. The van der Waals surface area contributed by atoms with Crippen molar-refractivity contribution in [2.45, 2.75) is 45.4 Å². The summed E-state index contributed by atoms with van der Waals surface area (Å²) >= 11 is 5.89. The predicted octanol–water partition coefficient (Wildman–Crippen LogP) is 4.80. The molecule has 0 amide bonds. The number of unbranched alkanes of at least 4 members (excludes halogenated alkanes) is 5. The largest absolute Gasteiger partial charge is 0.513 e. The number of benzene rings is 1. The molecule has 0 fully saturated rings. The molecule has 1 aromatic carbocycles. The molecular weight excluding hydrogens is 278 g/mol. The molecule has 1 rings (SSSR count). The Morgan fingerprint density at radius 3 is 2.60 bits per heavy atom. The average Bonchev–Trinajstić information content (AvgIpc) is 2.41. The molecule has 112 valence electrons. The van der Waals surface area contributed by atoms with E-state index in [4.69, 9.17) is 26.8 Å². The molecule has 0 aromatic heterocycles. The number of rotatable bonds is 8. The van der Waals surface area contributed by atoms with E-state index in [1.54, 1.807) is 12.1 Å². The van der Waals surface area contributed by atoms with Crippen molar-refractivity contribution in [2.24, 2.45) is 0 Å². The van der Waals surface area contributed by atoms with Gasteiger partial charge in [-0.05, 0) is 24.6 Å². The SMILES string of the molecule is CCCCCCCCOC(=O)Oc1ccc(N)cc1Cl. The quantitative estimate of drug-likeness (QED) is 0.324. The number of anilines is 1. The van der Waals surface area contributed by atoms with Crippen LogP contribution in [0.1, 0.15) is 45.4 Å². The van der Waals surface area contributed by atoms with Gasteiger partial charge in [0.05, 0.1) is 11.6 Å². The number of halogens is 1. The Balaban J connectivity index is 2.17. The summed E-state index contributed by atoms with van der Waals surface area (Å²) < 4.78 is 9.98. The van der Waals surface area contributed by atoms with Gasteiger partial charge in [-0.1, -0.05) is 50.6 Å². The molecule has 5 heteroatoms. The van der Waals surface area contributed by atoms with E-state index in [-0.39, 0.29) is 5.75 Å². The normalized spacial score (nSPS) is 10.3. The molecule has 2 N–H and O–H groups in total. The van der Waals surface area contributed by atoms with Gasteiger partial charge in [-0.3, -0.25) is 0 Å². The molecule has 1 aromatic rings. The van der Waals surface area contributed by atoms with Gasteiger partial charge in [0, 0.05) is 5.69 Å². The molecule has 0 aliphatic rings. The third-order valence-corrected chi connectivity index (χ3v) is 3.16. The smallest absolute Gasteiger partial charge is 0.434 e. The average molecular weight is 300 g/mol. The summed E-state index contributed by atoms with van der Waals surface area (Å²) in [4.78, 5) is 11.5. The molecule has 20 heavy (non-hydrogen) atoms. The number of hydrogen-bond acceptors (Lipinski definition) is 4. The monoisotopic (exact) mass is 299 g/mol. The minimum absolute atomic E-state index is 0.258. The van der Waals surface area contributed by atoms with Crippen LogP contribution in [0.25, 0.3) is 0 Å². The fourth-order valence-corrected chi connectivity index (χ4v) is 1.98. The van der Waals surface area contributed by atoms with Crippen molar-refractivity contribution in [3.63, 3.8) is 0 Å². The summed E-state index contributed by atoms with van der Waals surface area (Å²) in [6.07, 6.45) is 6.09. The summed E-state index contributed by atoms with van der Waals surface area (Å²) in [5, 5.41) is 0.293. The van der Waals surface area contributed by atoms with E-state index < -0.39 is 6.16 Å². The number of ether oxygens (including phenoxy) is 2. The Hall–Kier alpha value is -1.42. The Morgan fingerprint density at radius 1 is 1.20 bits per heavy atom. The fraction of sp³-hybridized carbons (Fsp3) is 0.533. The maximum atomic E-state index is 11.5. The molecule has 0 heterocycles. The molecule has 0 aliphatic heterocycles. The van der Waals surface area contributed by atoms with Gasteiger partial charge in [0.15, 0.2) is 5.75 Å². The Labute approximate surface area is 125 Å². The Kier molecular flexibility index (Phi) is 7.88. The Bertz CT molecular complexity index is 424. The second-order valence-electron chi connectivity index (χ2n) is 4.66. The zero-order valence-electron chi connectivity index (χ0n) is 11.9. The van der Waals surface area contributed by atoms with Crippen LogP contribution in [0.15, 0.2) is 18.2 Å². The van der Waals surface area contributed by atoms with E-state index >= 15 is 0 Å². The highest BCUT2D eigenvalue weighted by atomic mass is 35.5. The number of nitrogens with two attached hydrogens (primary N) is 1. The van der Waals surface area contributed by atoms with Crippen LogP contribution in [0.5, 0.6) is 5.75 Å². The van der Waals surface area contributed by atoms with Crippen molar-refractivity contribution >= 4 is 23.4 Å². The zero-order chi connectivity index (χ0) is 14.8. The molecule has 0 saturated heterocycles. The highest BCUT2D eigenvalue weighted by Gasteiger charge is 2.09. The maximum absolute atomic E-state index is 11.5. The predicted molar refractivity (Wildman–Crippen MR) is 81.2 cm³/mol. The second kappa shape index (κ2) is 9.48. The van der Waals surface area contributed by atoms with Gasteiger partial charge in [-0.25, -0.2) is 4.79 Å². The van der Waals surface area contributed by atoms with E-state index in [2.05, 4.69) is 6.92 Å². The topological polar surface area (TPSA) is 61.5 Å². The van der Waals surface area contributed by atoms with Crippen molar-refractivity contribution in [3.05, 3.63) is 23.2 Å². The number of hydrogen-bond donors (Lipinski definition) is 1. The fourth-order valence-electron chi connectivity index (χ4n) is 1.76. The molecule has 0 atom stereocenters. The number of carbonyl (C=O) groups is 1. The lowest BCUT2D eigenvalue weighted by atomic mass is 10.1. The minimum atomic E-state index is -0.731. The van der Waals surface area contributed by atoms with E-state index in [1.165, 1.54) is 31.7 Å². The van der Waals surface area contributed by atoms with Gasteiger partial charge in [-0.15, -0.1) is 0 Å². The van der Waals surface area contributed by atoms with Crippen LogP contribution in [0.3, 0.4) is 0 Å². The highest BCUT2D eigenvalue weighted by molar-refractivity contribution is 6.32. The molecule has 0 saturated carbocycles. The van der Waals surface area contributed by atoms with Crippen LogP contribution in [0.2, 0.25) is 5.02 Å². The molecular formula is C15H22ClNO3. The summed E-state index contributed by atoms with van der Waals surface area (Å²) in [6.45, 7) is 2.55. The van der Waals surface area contributed by atoms with E-state index in [9.17, 15) is 4.79 Å². The first-order valence-electron chi connectivity index (χ1n) is 7.03. The molecule has 0 radical (unpaired) electrons. The van der Waals surface area contributed by atoms with Crippen molar-refractivity contribution < 1.29 is 14.3 Å². The van der Waals surface area contributed by atoms with Crippen LogP contribution in [-0.2, 0) is 4.74 Å². The van der Waals surface area contributed by atoms with Gasteiger partial charge < -0.3 is 15.2 Å². The van der Waals surface area contributed by atoms with Crippen LogP contribution in [0.4, 0.5) is 10.5 Å². The number of carbonyl (C=O) groups excluding carboxylic acids is 1. The lowest BCUT2D eigenvalue weighted by Crippen LogP contribution is -2.11. The van der Waals surface area contributed by atoms with Gasteiger partial charge >= 0.3 is 6.16 Å². The Morgan fingerprint density at radius 2 is 1.90 bits per heavy atom. The summed E-state index contributed by atoms with van der Waals surface area (Å²) in [7, 11) is 0. The van der Waals surface area contributed by atoms with E-state index in [1.807, 2.05) is 0 Å². The molecule has 4 nitrogen and oxygen atoms in total. The molecule has 0 unspecified atom stereocenters. The first-order valence-corrected chi connectivity index (χ1v) is 7.41. The first kappa shape index (κ1) is 16.6. The van der Waals surface area contributed by atoms with Crippen molar-refractivity contribution in [2.75, 3.05) is 12.3 Å². The van der Waals surface area contributed by atoms with E-state index in [0.717, 1.165) is 12.8 Å². The second-order valence-corrected chi connectivity index (χ2v) is 5.07. The van der Waals surface area contributed by atoms with Crippen LogP contribution in [0, 0.1) is 0 Å². The van der Waals surface area contributed by atoms with Crippen molar-refractivity contribution in [3.8, 4) is 5.75 Å². The third-order valence-electron chi connectivity index (χ3n) is 2.87. The minimum Gasteiger partial charge on any atom is -0.434 e. The maximum Gasteiger partial charge on any atom is 0.513 e. The summed E-state index contributed by atoms with van der Waals surface area (Å²) in [6, 6.07) is 4.68. The molecule has 0 aliphatic carbocycles. The van der Waals surface area contributed by atoms with Crippen LogP contribution in [-0.4, -0.2) is 12.8 Å². The van der Waals surface area contributed by atoms with Crippen LogP contribution < -0.4 is 10.5 Å². The van der Waals surface area contributed by atoms with Gasteiger partial charge in [0.25, 0.3) is 0 Å². The van der Waals surface area contributed by atoms with Crippen LogP contribution >= 0.6 is 11.6 Å². The van der Waals surface area contributed by atoms with E-state index in [0.29, 0.717) is 17.3 Å². The highest BCUT2D eigenvalue weighted by Crippen LogP contribution is 2.26. The zero-order valence-corrected chi connectivity index (χ0v) is 12.6. The lowest BCUT2D eigenvalue weighted by Gasteiger charge is -2.07. The first-order chi connectivity index (χ1) is 9.63. The van der Waals surface area contributed by atoms with Crippen molar-refractivity contribution in [1.82, 2.24) is 0 Å². The lowest BCUT2D eigenvalue weighted by molar-refractivity contribution is 0.0973.